The molecule has 6 nitrogen and oxygen atoms in total. The molecule has 1 aliphatic heterocycles. The van der Waals surface area contributed by atoms with Crippen molar-refractivity contribution < 1.29 is 9.18 Å². The summed E-state index contributed by atoms with van der Waals surface area (Å²) in [5.74, 6) is -0.459. The highest BCUT2D eigenvalue weighted by Crippen LogP contribution is 2.51. The number of unbranched alkanes of at least 4 members (excludes halogenated alkanes) is 1. The zero-order chi connectivity index (χ0) is 37.2. The van der Waals surface area contributed by atoms with Gasteiger partial charge in [0.15, 0.2) is 0 Å². The molecule has 0 bridgehead atoms. The van der Waals surface area contributed by atoms with Crippen molar-refractivity contribution in [1.29, 1.82) is 0 Å². The summed E-state index contributed by atoms with van der Waals surface area (Å²) >= 11 is 0. The Morgan fingerprint density at radius 1 is 1.10 bits per heavy atom. The fourth-order valence-corrected chi connectivity index (χ4v) is 7.12. The maximum absolute atomic E-state index is 15.3. The van der Waals surface area contributed by atoms with Crippen LogP contribution < -0.4 is 5.32 Å². The van der Waals surface area contributed by atoms with E-state index < -0.39 is 17.1 Å². The lowest BCUT2D eigenvalue weighted by molar-refractivity contribution is -0.113. The van der Waals surface area contributed by atoms with E-state index in [1.165, 1.54) is 42.3 Å². The number of aliphatic imine (C=N–C) groups is 1. The number of hydrogen-bond acceptors (Lipinski definition) is 5. The van der Waals surface area contributed by atoms with Crippen LogP contribution in [-0.4, -0.2) is 35.1 Å². The zero-order valence-electron chi connectivity index (χ0n) is 32.0. The lowest BCUT2D eigenvalue weighted by Crippen LogP contribution is -2.61. The number of nitroso groups, excluding NO2 is 1. The van der Waals surface area contributed by atoms with Crippen LogP contribution in [0.2, 0.25) is 0 Å². The van der Waals surface area contributed by atoms with Crippen LogP contribution >= 0.6 is 0 Å². The van der Waals surface area contributed by atoms with Crippen LogP contribution in [0, 0.1) is 24.2 Å². The fourth-order valence-electron chi connectivity index (χ4n) is 7.12. The highest BCUT2D eigenvalue weighted by molar-refractivity contribution is 6.16. The highest BCUT2D eigenvalue weighted by atomic mass is 19.1. The average Bonchev–Trinajstić information content (AvgIpc) is 3.02. The Kier molecular flexibility index (Phi) is 11.7. The van der Waals surface area contributed by atoms with E-state index in [-0.39, 0.29) is 22.7 Å². The van der Waals surface area contributed by atoms with E-state index in [0.717, 1.165) is 44.1 Å². The molecule has 0 radical (unpaired) electrons. The van der Waals surface area contributed by atoms with Crippen molar-refractivity contribution in [1.82, 2.24) is 4.90 Å². The Morgan fingerprint density at radius 2 is 1.74 bits per heavy atom. The largest absolute Gasteiger partial charge is 0.321 e. The summed E-state index contributed by atoms with van der Waals surface area (Å²) in [5.41, 5.74) is 6.79. The molecule has 2 aliphatic rings. The number of rotatable bonds is 12. The van der Waals surface area contributed by atoms with E-state index in [1.54, 1.807) is 18.2 Å². The molecule has 1 atom stereocenters. The van der Waals surface area contributed by atoms with Gasteiger partial charge in [0, 0.05) is 17.8 Å². The molecule has 1 saturated carbocycles. The van der Waals surface area contributed by atoms with Gasteiger partial charge in [-0.3, -0.25) is 14.7 Å². The standard InChI is InChI=1S/C43H57FN4O2/c1-13-15-17-31-18-19-32(29(5)28(31)4)25-37-30(6)38(39(47-50)43(48(37)12)22-16-23-43)40(49)46-35-21-20-33(42(10,11)44)26-34(35)36(45-14-2)24-27(3)41(7,8)9/h14,18-21,24,26,37H,2,6,13,15-17,22-23,25H2,1,3-5,7-12H3,(H,46,49)/b27-24+,45-36+. The molecule has 2 aromatic carbocycles. The number of nitrogens with zero attached hydrogens (tertiary/aromatic N) is 3. The van der Waals surface area contributed by atoms with Crippen LogP contribution in [0.25, 0.3) is 0 Å². The molecule has 1 heterocycles. The van der Waals surface area contributed by atoms with Gasteiger partial charge in [-0.15, -0.1) is 4.91 Å². The number of carbonyl (C=O) groups is 1. The third kappa shape index (κ3) is 7.68. The quantitative estimate of drug-likeness (QED) is 0.179. The summed E-state index contributed by atoms with van der Waals surface area (Å²) in [4.78, 5) is 34.1. The van der Waals surface area contributed by atoms with Crippen molar-refractivity contribution in [2.45, 2.75) is 125 Å². The van der Waals surface area contributed by atoms with Crippen molar-refractivity contribution in [3.63, 3.8) is 0 Å². The number of aryl methyl sites for hydroxylation is 1. The fraction of sp³-hybridized carbons (Fsp3) is 0.488. The smallest absolute Gasteiger partial charge is 0.258 e. The van der Waals surface area contributed by atoms with Crippen molar-refractivity contribution in [2.75, 3.05) is 12.4 Å². The van der Waals surface area contributed by atoms with Crippen molar-refractivity contribution in [3.8, 4) is 0 Å². The molecule has 0 aromatic heterocycles. The van der Waals surface area contributed by atoms with Crippen LogP contribution in [0.1, 0.15) is 114 Å². The van der Waals surface area contributed by atoms with Gasteiger partial charge in [0.25, 0.3) is 5.91 Å². The minimum atomic E-state index is -1.63. The van der Waals surface area contributed by atoms with Gasteiger partial charge in [-0.2, -0.15) is 0 Å². The molecule has 268 valence electrons. The summed E-state index contributed by atoms with van der Waals surface area (Å²) in [7, 11) is 2.03. The maximum Gasteiger partial charge on any atom is 0.258 e. The number of amides is 1. The van der Waals surface area contributed by atoms with Crippen molar-refractivity contribution in [3.05, 3.63) is 116 Å². The van der Waals surface area contributed by atoms with E-state index in [9.17, 15) is 9.70 Å². The minimum absolute atomic E-state index is 0.150. The van der Waals surface area contributed by atoms with Gasteiger partial charge in [-0.05, 0) is 142 Å². The molecule has 1 unspecified atom stereocenters. The number of allylic oxidation sites excluding steroid dienone is 2. The summed E-state index contributed by atoms with van der Waals surface area (Å²) < 4.78 is 15.3. The molecular weight excluding hydrogens is 623 g/mol. The van der Waals surface area contributed by atoms with Crippen LogP contribution in [-0.2, 0) is 23.3 Å². The van der Waals surface area contributed by atoms with Crippen molar-refractivity contribution in [2.24, 2.45) is 15.6 Å². The molecule has 7 heteroatoms. The number of likely N-dealkylation sites (N-methyl/N-ethyl adjacent to an activating group) is 1. The second-order valence-corrected chi connectivity index (χ2v) is 15.8. The summed E-state index contributed by atoms with van der Waals surface area (Å²) in [6, 6.07) is 9.34. The molecule has 1 N–H and O–H groups in total. The summed E-state index contributed by atoms with van der Waals surface area (Å²) in [5, 5.41) is 6.65. The predicted molar refractivity (Wildman–Crippen MR) is 207 cm³/mol. The second kappa shape index (κ2) is 15.1. The predicted octanol–water partition coefficient (Wildman–Crippen LogP) is 10.8. The molecule has 1 amide bonds. The highest BCUT2D eigenvalue weighted by Gasteiger charge is 2.54. The number of benzene rings is 2. The third-order valence-electron chi connectivity index (χ3n) is 11.3. The number of nitrogens with one attached hydrogen (secondary N) is 1. The first-order chi connectivity index (χ1) is 23.4. The minimum Gasteiger partial charge on any atom is -0.321 e. The number of alkyl halides is 1. The van der Waals surface area contributed by atoms with E-state index >= 15 is 4.39 Å². The SMILES string of the molecule is C=C/N=C(\C=C(/C)C(C)(C)C)c1cc(C(C)(C)F)ccc1NC(=O)C1=C(N=O)C2(CCC2)N(C)C(Cc2ccc(CCCC)c(C)c2C)C1=C. The molecular formula is C43H57FN4O2. The van der Waals surface area contributed by atoms with Crippen LogP contribution in [0.4, 0.5) is 10.1 Å². The Hall–Kier alpha value is -3.97. The first kappa shape index (κ1) is 38.8. The molecule has 2 aromatic rings. The van der Waals surface area contributed by atoms with Gasteiger partial charge in [0.1, 0.15) is 11.4 Å². The number of hydrogen-bond donors (Lipinski definition) is 1. The van der Waals surface area contributed by atoms with Gasteiger partial charge < -0.3 is 5.32 Å². The Morgan fingerprint density at radius 3 is 2.28 bits per heavy atom. The lowest BCUT2D eigenvalue weighted by atomic mass is 9.66. The maximum atomic E-state index is 15.3. The number of halogens is 1. The van der Waals surface area contributed by atoms with Gasteiger partial charge in [0.05, 0.1) is 22.5 Å². The van der Waals surface area contributed by atoms with Crippen molar-refractivity contribution >= 4 is 17.3 Å². The molecule has 1 fully saturated rings. The van der Waals surface area contributed by atoms with Crippen LogP contribution in [0.5, 0.6) is 0 Å². The van der Waals surface area contributed by atoms with Gasteiger partial charge in [-0.1, -0.05) is 71.0 Å². The third-order valence-corrected chi connectivity index (χ3v) is 11.3. The molecule has 1 spiro atoms. The Bertz CT molecular complexity index is 1760. The molecule has 4 rings (SSSR count). The Balaban J connectivity index is 1.81. The van der Waals surface area contributed by atoms with Crippen LogP contribution in [0.15, 0.2) is 88.4 Å². The number of anilines is 1. The lowest BCUT2D eigenvalue weighted by Gasteiger charge is -2.55. The van der Waals surface area contributed by atoms with Gasteiger partial charge in [-0.25, -0.2) is 4.39 Å². The first-order valence-corrected chi connectivity index (χ1v) is 18.0. The summed E-state index contributed by atoms with van der Waals surface area (Å²) in [6.45, 7) is 26.2. The van der Waals surface area contributed by atoms with E-state index in [1.807, 2.05) is 20.0 Å². The normalized spacial score (nSPS) is 18.7. The van der Waals surface area contributed by atoms with E-state index in [0.29, 0.717) is 34.5 Å². The molecule has 50 heavy (non-hydrogen) atoms. The number of carbonyl (C=O) groups excluding carboxylic acids is 1. The topological polar surface area (TPSA) is 74.1 Å². The second-order valence-electron chi connectivity index (χ2n) is 15.8. The molecule has 0 saturated heterocycles. The summed E-state index contributed by atoms with van der Waals surface area (Å²) in [6.07, 6.45) is 9.81. The first-order valence-electron chi connectivity index (χ1n) is 18.0. The average molecular weight is 681 g/mol. The van der Waals surface area contributed by atoms with Gasteiger partial charge in [0.2, 0.25) is 0 Å². The van der Waals surface area contributed by atoms with Gasteiger partial charge >= 0.3 is 0 Å². The van der Waals surface area contributed by atoms with Crippen LogP contribution in [0.3, 0.4) is 0 Å². The monoisotopic (exact) mass is 680 g/mol. The molecule has 1 aliphatic carbocycles. The van der Waals surface area contributed by atoms with E-state index in [4.69, 9.17) is 0 Å². The Labute approximate surface area is 299 Å². The van der Waals surface area contributed by atoms with E-state index in [2.05, 4.69) is 87.2 Å². The zero-order valence-corrected chi connectivity index (χ0v) is 32.0.